The molecule has 11 rings (SSSR count). The first-order valence-corrected chi connectivity index (χ1v) is 18.9. The molecule has 0 radical (unpaired) electrons. The van der Waals surface area contributed by atoms with Crippen LogP contribution in [0.2, 0.25) is 0 Å². The van der Waals surface area contributed by atoms with Gasteiger partial charge in [-0.15, -0.1) is 0 Å². The normalized spacial score (nSPS) is 28.2. The summed E-state index contributed by atoms with van der Waals surface area (Å²) in [6.45, 7) is 6.84. The summed E-state index contributed by atoms with van der Waals surface area (Å²) >= 11 is 0. The Morgan fingerprint density at radius 2 is 1.87 bits per heavy atom. The zero-order valence-corrected chi connectivity index (χ0v) is 30.9. The molecule has 3 saturated heterocycles. The van der Waals surface area contributed by atoms with E-state index in [1.807, 2.05) is 44.3 Å². The molecule has 282 valence electrons. The number of rotatable bonds is 6. The SMILES string of the molecule is Cc1cc(=O)c2c(O)c3c(cc2o1)OC(C)(C)C12CCC(CC31)CC1(OC1CCc1cc(N)nc(-c3cc(N)nc(CN4C=C5C=CN=C5C4)c3)c1)C(=O)O2. The van der Waals surface area contributed by atoms with Crippen molar-refractivity contribution in [2.75, 3.05) is 18.0 Å². The maximum Gasteiger partial charge on any atom is 0.341 e. The summed E-state index contributed by atoms with van der Waals surface area (Å²) in [5.74, 6) is 0.833. The van der Waals surface area contributed by atoms with Gasteiger partial charge in [-0.2, -0.15) is 0 Å². The zero-order valence-electron chi connectivity index (χ0n) is 30.9. The summed E-state index contributed by atoms with van der Waals surface area (Å²) in [6, 6.07) is 10.7. The lowest BCUT2D eigenvalue weighted by molar-refractivity contribution is -0.219. The highest BCUT2D eigenvalue weighted by atomic mass is 16.7. The molecule has 0 amide bonds. The highest BCUT2D eigenvalue weighted by Crippen LogP contribution is 2.64. The van der Waals surface area contributed by atoms with Crippen molar-refractivity contribution in [3.63, 3.8) is 0 Å². The maximum atomic E-state index is 14.3. The highest BCUT2D eigenvalue weighted by molar-refractivity contribution is 6.07. The Morgan fingerprint density at radius 3 is 2.71 bits per heavy atom. The second-order valence-corrected chi connectivity index (χ2v) is 16.5. The smallest absolute Gasteiger partial charge is 0.341 e. The van der Waals surface area contributed by atoms with Gasteiger partial charge in [0.15, 0.2) is 16.6 Å². The molecule has 2 spiro atoms. The van der Waals surface area contributed by atoms with Crippen LogP contribution in [0, 0.1) is 12.8 Å². The number of allylic oxidation sites excluding steroid dienone is 1. The number of ether oxygens (including phenoxy) is 3. The van der Waals surface area contributed by atoms with Crippen LogP contribution in [0.15, 0.2) is 74.7 Å². The highest BCUT2D eigenvalue weighted by Gasteiger charge is 2.71. The number of aromatic hydroxyl groups is 1. The van der Waals surface area contributed by atoms with Crippen LogP contribution in [0.4, 0.5) is 11.6 Å². The number of esters is 1. The molecule has 4 fully saturated rings. The number of carbonyl (C=O) groups is 1. The minimum Gasteiger partial charge on any atom is -0.507 e. The number of benzene rings is 1. The number of aliphatic imine (C=N–C) groups is 1. The Kier molecular flexibility index (Phi) is 7.17. The Hall–Kier alpha value is -5.69. The van der Waals surface area contributed by atoms with E-state index < -0.39 is 22.8 Å². The van der Waals surface area contributed by atoms with Gasteiger partial charge in [-0.05, 0) is 101 Å². The van der Waals surface area contributed by atoms with Crippen LogP contribution in [0.3, 0.4) is 0 Å². The molecule has 1 aromatic carbocycles. The number of hydrogen-bond donors (Lipinski definition) is 3. The van der Waals surface area contributed by atoms with E-state index in [2.05, 4.69) is 26.1 Å². The minimum atomic E-state index is -1.08. The number of phenols is 1. The fourth-order valence-corrected chi connectivity index (χ4v) is 9.98. The van der Waals surface area contributed by atoms with Crippen molar-refractivity contribution in [1.82, 2.24) is 14.9 Å². The monoisotopic (exact) mass is 742 g/mol. The van der Waals surface area contributed by atoms with Crippen molar-refractivity contribution in [1.29, 1.82) is 0 Å². The van der Waals surface area contributed by atoms with Crippen LogP contribution in [-0.2, 0) is 27.2 Å². The molecule has 5 atom stereocenters. The van der Waals surface area contributed by atoms with E-state index in [9.17, 15) is 14.7 Å². The van der Waals surface area contributed by atoms with Crippen molar-refractivity contribution in [2.24, 2.45) is 10.9 Å². The molecule has 5 N–H and O–H groups in total. The molecular formula is C42H42N6O7. The summed E-state index contributed by atoms with van der Waals surface area (Å²) in [6.07, 6.45) is 9.27. The van der Waals surface area contributed by atoms with Crippen LogP contribution >= 0.6 is 0 Å². The standard InChI is InChI=1S/C42H42N6O7/c1-21-10-30(49)37-31(52-21)16-32-36(38(37)50)27-11-23-6-8-42(27,40(2,3)53-32)55-39(51)41(17-23)33(54-41)5-4-22-12-28(47-34(43)13-22)25-14-26(46-35(44)15-25)19-48-18-24-7-9-45-29(24)20-48/h7,9-10,12-16,18,23,27,33,50H,4-6,8,11,17,19-20H2,1-3H3,(H2,43,47)(H2,44,46). The van der Waals surface area contributed by atoms with Gasteiger partial charge >= 0.3 is 5.97 Å². The van der Waals surface area contributed by atoms with E-state index in [4.69, 9.17) is 30.1 Å². The number of hydrogen-bond acceptors (Lipinski definition) is 13. The number of nitrogens with two attached hydrogens (primary N) is 2. The van der Waals surface area contributed by atoms with E-state index >= 15 is 0 Å². The summed E-state index contributed by atoms with van der Waals surface area (Å²) in [4.78, 5) is 43.2. The van der Waals surface area contributed by atoms with Crippen LogP contribution in [-0.4, -0.2) is 61.1 Å². The molecule has 9 heterocycles. The lowest BCUT2D eigenvalue weighted by Gasteiger charge is -2.58. The minimum absolute atomic E-state index is 0.109. The van der Waals surface area contributed by atoms with E-state index in [1.54, 1.807) is 19.1 Å². The van der Waals surface area contributed by atoms with Gasteiger partial charge in [0, 0.05) is 47.2 Å². The molecule has 2 bridgehead atoms. The fourth-order valence-electron chi connectivity index (χ4n) is 9.98. The Bertz CT molecular complexity index is 2510. The average Bonchev–Trinajstić information content (AvgIpc) is 3.41. The van der Waals surface area contributed by atoms with Gasteiger partial charge in [-0.3, -0.25) is 9.79 Å². The van der Waals surface area contributed by atoms with Gasteiger partial charge in [0.2, 0.25) is 0 Å². The molecule has 5 unspecified atom stereocenters. The van der Waals surface area contributed by atoms with E-state index in [1.165, 1.54) is 6.07 Å². The number of nitrogens with zero attached hydrogens (tertiary/aromatic N) is 4. The number of nitrogen functional groups attached to an aromatic ring is 2. The van der Waals surface area contributed by atoms with Gasteiger partial charge in [-0.1, -0.05) is 0 Å². The van der Waals surface area contributed by atoms with Gasteiger partial charge in [0.1, 0.15) is 45.5 Å². The lowest BCUT2D eigenvalue weighted by atomic mass is 9.58. The molecule has 1 aliphatic carbocycles. The zero-order chi connectivity index (χ0) is 38.0. The Labute approximate surface area is 316 Å². The molecule has 55 heavy (non-hydrogen) atoms. The average molecular weight is 743 g/mol. The van der Waals surface area contributed by atoms with E-state index in [0.717, 1.165) is 41.1 Å². The van der Waals surface area contributed by atoms with Gasteiger partial charge in [-0.25, -0.2) is 14.8 Å². The fraction of sp³-hybridized carbons (Fsp3) is 0.405. The van der Waals surface area contributed by atoms with Crippen molar-refractivity contribution in [3.8, 4) is 22.8 Å². The Balaban J connectivity index is 0.886. The van der Waals surface area contributed by atoms with Crippen LogP contribution < -0.4 is 21.6 Å². The second kappa shape index (κ2) is 11.7. The summed E-state index contributed by atoms with van der Waals surface area (Å²) in [7, 11) is 0. The molecule has 3 aromatic heterocycles. The predicted molar refractivity (Wildman–Crippen MR) is 204 cm³/mol. The number of aromatic nitrogens is 2. The number of phenolic OH excluding ortho intramolecular Hbond substituents is 1. The van der Waals surface area contributed by atoms with Crippen molar-refractivity contribution in [3.05, 3.63) is 93.3 Å². The number of pyridine rings is 2. The predicted octanol–water partition coefficient (Wildman–Crippen LogP) is 5.61. The second-order valence-electron chi connectivity index (χ2n) is 16.5. The van der Waals surface area contributed by atoms with Crippen molar-refractivity contribution in [2.45, 2.75) is 94.7 Å². The van der Waals surface area contributed by atoms with Crippen molar-refractivity contribution < 1.29 is 28.5 Å². The maximum absolute atomic E-state index is 14.3. The van der Waals surface area contributed by atoms with Crippen LogP contribution in [0.5, 0.6) is 11.5 Å². The molecule has 7 aliphatic rings. The molecule has 4 aromatic rings. The third-order valence-electron chi connectivity index (χ3n) is 12.6. The summed E-state index contributed by atoms with van der Waals surface area (Å²) in [5.41, 5.74) is 15.4. The quantitative estimate of drug-likeness (QED) is 0.164. The first-order valence-electron chi connectivity index (χ1n) is 18.9. The lowest BCUT2D eigenvalue weighted by Crippen LogP contribution is -2.66. The molecular weight excluding hydrogens is 700 g/mol. The van der Waals surface area contributed by atoms with Gasteiger partial charge in [0.25, 0.3) is 0 Å². The third-order valence-corrected chi connectivity index (χ3v) is 12.6. The Morgan fingerprint density at radius 1 is 1.04 bits per heavy atom. The van der Waals surface area contributed by atoms with E-state index in [-0.39, 0.29) is 40.1 Å². The number of carbonyl (C=O) groups excluding carboxylic acids is 1. The third kappa shape index (κ3) is 5.26. The first-order chi connectivity index (χ1) is 26.3. The summed E-state index contributed by atoms with van der Waals surface area (Å²) < 4.78 is 25.4. The van der Waals surface area contributed by atoms with Crippen molar-refractivity contribution >= 4 is 34.3 Å². The van der Waals surface area contributed by atoms with Crippen LogP contribution in [0.1, 0.15) is 74.5 Å². The first kappa shape index (κ1) is 33.8. The molecule has 13 heteroatoms. The number of anilines is 2. The molecule has 6 aliphatic heterocycles. The van der Waals surface area contributed by atoms with Crippen LogP contribution in [0.25, 0.3) is 22.2 Å². The molecule has 13 nitrogen and oxygen atoms in total. The van der Waals surface area contributed by atoms with Gasteiger partial charge < -0.3 is 40.1 Å². The number of fused-ring (bicyclic) bond motifs is 5. The largest absolute Gasteiger partial charge is 0.507 e. The van der Waals surface area contributed by atoms with Gasteiger partial charge in [0.05, 0.1) is 36.3 Å². The number of epoxide rings is 1. The topological polar surface area (TPSA) is 192 Å². The summed E-state index contributed by atoms with van der Waals surface area (Å²) in [5, 5.41) is 11.8. The number of aryl methyl sites for hydroxylation is 2. The molecule has 1 saturated carbocycles. The van der Waals surface area contributed by atoms with E-state index in [0.29, 0.717) is 73.1 Å².